The molecule has 0 spiro atoms. The number of phenols is 1. The molecule has 0 aliphatic carbocycles. The zero-order valence-electron chi connectivity index (χ0n) is 20.6. The summed E-state index contributed by atoms with van der Waals surface area (Å²) in [6, 6.07) is 18.8. The van der Waals surface area contributed by atoms with Gasteiger partial charge in [-0.1, -0.05) is 38.1 Å². The molecular weight excluding hydrogens is 458 g/mol. The summed E-state index contributed by atoms with van der Waals surface area (Å²) in [5.41, 5.74) is 1.73. The van der Waals surface area contributed by atoms with Crippen LogP contribution in [0.3, 0.4) is 0 Å². The minimum atomic E-state index is -0.855. The monoisotopic (exact) mass is 489 g/mol. The van der Waals surface area contributed by atoms with Crippen LogP contribution in [-0.2, 0) is 11.2 Å². The van der Waals surface area contributed by atoms with Crippen LogP contribution in [0.4, 0.5) is 5.69 Å². The number of hydrogen-bond donors (Lipinski definition) is 4. The number of methoxy groups -OCH3 is 1. The average molecular weight is 490 g/mol. The van der Waals surface area contributed by atoms with E-state index in [1.165, 1.54) is 12.1 Å². The van der Waals surface area contributed by atoms with E-state index in [2.05, 4.69) is 16.0 Å². The molecule has 4 N–H and O–H groups in total. The number of rotatable bonds is 10. The van der Waals surface area contributed by atoms with Gasteiger partial charge in [0.25, 0.3) is 11.8 Å². The number of ether oxygens (including phenoxy) is 1. The number of aromatic hydroxyl groups is 1. The van der Waals surface area contributed by atoms with Crippen LogP contribution in [0.15, 0.2) is 72.8 Å². The summed E-state index contributed by atoms with van der Waals surface area (Å²) in [4.78, 5) is 39.0. The van der Waals surface area contributed by atoms with Crippen molar-refractivity contribution in [2.45, 2.75) is 26.3 Å². The first-order chi connectivity index (χ1) is 17.3. The lowest BCUT2D eigenvalue weighted by Gasteiger charge is -2.20. The molecule has 0 radical (unpaired) electrons. The van der Waals surface area contributed by atoms with Crippen LogP contribution >= 0.6 is 0 Å². The second-order valence-electron chi connectivity index (χ2n) is 8.76. The molecule has 36 heavy (non-hydrogen) atoms. The van der Waals surface area contributed by atoms with E-state index in [1.807, 2.05) is 13.8 Å². The van der Waals surface area contributed by atoms with Crippen molar-refractivity contribution in [1.29, 1.82) is 0 Å². The Bertz CT molecular complexity index is 1190. The summed E-state index contributed by atoms with van der Waals surface area (Å²) >= 11 is 0. The maximum absolute atomic E-state index is 13.3. The smallest absolute Gasteiger partial charge is 0.255 e. The number of para-hydroxylation sites is 1. The first kappa shape index (κ1) is 26.3. The number of hydrogen-bond acceptors (Lipinski definition) is 5. The lowest BCUT2D eigenvalue weighted by atomic mass is 10.0. The number of phenolic OH excluding ortho intramolecular Hbond substituents is 1. The van der Waals surface area contributed by atoms with Crippen molar-refractivity contribution in [3.63, 3.8) is 0 Å². The first-order valence-electron chi connectivity index (χ1n) is 11.7. The van der Waals surface area contributed by atoms with Crippen LogP contribution in [-0.4, -0.2) is 42.5 Å². The summed E-state index contributed by atoms with van der Waals surface area (Å²) in [6.07, 6.45) is 0.232. The van der Waals surface area contributed by atoms with Crippen molar-refractivity contribution in [2.24, 2.45) is 5.92 Å². The Morgan fingerprint density at radius 3 is 2.19 bits per heavy atom. The number of benzene rings is 3. The zero-order chi connectivity index (χ0) is 26.1. The summed E-state index contributed by atoms with van der Waals surface area (Å²) in [5.74, 6) is -0.207. The molecule has 8 heteroatoms. The molecule has 0 heterocycles. The standard InChI is InChI=1S/C28H31N3O5/c1-18(2)17-29-28(35)25(16-19-8-12-21(32)13-9-19)31-27(34)23-6-4-5-7-24(23)30-26(33)20-10-14-22(36-3)15-11-20/h4-15,18,25,32H,16-17H2,1-3H3,(H,29,35)(H,30,33)(H,31,34)/t25-/m0/s1. The van der Waals surface area contributed by atoms with Gasteiger partial charge in [0.05, 0.1) is 18.4 Å². The normalized spacial score (nSPS) is 11.4. The van der Waals surface area contributed by atoms with Crippen molar-refractivity contribution in [3.8, 4) is 11.5 Å². The molecule has 0 unspecified atom stereocenters. The molecule has 188 valence electrons. The molecule has 3 aromatic carbocycles. The van der Waals surface area contributed by atoms with Gasteiger partial charge in [0.2, 0.25) is 5.91 Å². The summed E-state index contributed by atoms with van der Waals surface area (Å²) in [6.45, 7) is 4.43. The summed E-state index contributed by atoms with van der Waals surface area (Å²) in [5, 5.41) is 18.0. The van der Waals surface area contributed by atoms with Gasteiger partial charge in [-0.25, -0.2) is 0 Å². The first-order valence-corrected chi connectivity index (χ1v) is 11.7. The Balaban J connectivity index is 1.78. The summed E-state index contributed by atoms with van der Waals surface area (Å²) < 4.78 is 5.12. The molecule has 0 fully saturated rings. The third-order valence-corrected chi connectivity index (χ3v) is 5.45. The Kier molecular flexibility index (Phi) is 9.05. The lowest BCUT2D eigenvalue weighted by Crippen LogP contribution is -2.48. The Morgan fingerprint density at radius 1 is 0.889 bits per heavy atom. The van der Waals surface area contributed by atoms with Gasteiger partial charge in [0, 0.05) is 18.5 Å². The molecule has 0 saturated carbocycles. The second-order valence-corrected chi connectivity index (χ2v) is 8.76. The molecule has 0 saturated heterocycles. The SMILES string of the molecule is COc1ccc(C(=O)Nc2ccccc2C(=O)N[C@@H](Cc2ccc(O)cc2)C(=O)NCC(C)C)cc1. The van der Waals surface area contributed by atoms with E-state index in [9.17, 15) is 19.5 Å². The van der Waals surface area contributed by atoms with Crippen molar-refractivity contribution >= 4 is 23.4 Å². The molecular formula is C28H31N3O5. The van der Waals surface area contributed by atoms with E-state index in [1.54, 1.807) is 67.8 Å². The number of carbonyl (C=O) groups excluding carboxylic acids is 3. The predicted octanol–water partition coefficient (Wildman–Crippen LogP) is 3.77. The van der Waals surface area contributed by atoms with Gasteiger partial charge in [-0.2, -0.15) is 0 Å². The minimum absolute atomic E-state index is 0.116. The van der Waals surface area contributed by atoms with Gasteiger partial charge in [0.15, 0.2) is 0 Å². The minimum Gasteiger partial charge on any atom is -0.508 e. The van der Waals surface area contributed by atoms with Crippen LogP contribution in [0.25, 0.3) is 0 Å². The Morgan fingerprint density at radius 2 is 1.56 bits per heavy atom. The highest BCUT2D eigenvalue weighted by Gasteiger charge is 2.24. The molecule has 0 aromatic heterocycles. The van der Waals surface area contributed by atoms with Crippen molar-refractivity contribution in [1.82, 2.24) is 10.6 Å². The molecule has 1 atom stereocenters. The fourth-order valence-electron chi connectivity index (χ4n) is 3.47. The van der Waals surface area contributed by atoms with E-state index in [-0.39, 0.29) is 35.5 Å². The number of carbonyl (C=O) groups is 3. The Labute approximate surface area is 210 Å². The average Bonchev–Trinajstić information content (AvgIpc) is 2.88. The number of amides is 3. The van der Waals surface area contributed by atoms with Crippen LogP contribution in [0.1, 0.15) is 40.1 Å². The largest absolute Gasteiger partial charge is 0.508 e. The Hall–Kier alpha value is -4.33. The number of nitrogens with one attached hydrogen (secondary N) is 3. The zero-order valence-corrected chi connectivity index (χ0v) is 20.6. The van der Waals surface area contributed by atoms with Crippen LogP contribution in [0.2, 0.25) is 0 Å². The van der Waals surface area contributed by atoms with E-state index in [0.29, 0.717) is 23.5 Å². The molecule has 0 aliphatic rings. The van der Waals surface area contributed by atoms with Crippen LogP contribution < -0.4 is 20.7 Å². The molecule has 0 bridgehead atoms. The maximum Gasteiger partial charge on any atom is 0.255 e. The van der Waals surface area contributed by atoms with Gasteiger partial charge in [-0.05, 0) is 60.0 Å². The molecule has 3 rings (SSSR count). The highest BCUT2D eigenvalue weighted by Crippen LogP contribution is 2.19. The van der Waals surface area contributed by atoms with Gasteiger partial charge < -0.3 is 25.8 Å². The van der Waals surface area contributed by atoms with Gasteiger partial charge in [0.1, 0.15) is 17.5 Å². The van der Waals surface area contributed by atoms with E-state index in [0.717, 1.165) is 5.56 Å². The number of anilines is 1. The topological polar surface area (TPSA) is 117 Å². The third kappa shape index (κ3) is 7.33. The summed E-state index contributed by atoms with van der Waals surface area (Å²) in [7, 11) is 1.54. The van der Waals surface area contributed by atoms with Gasteiger partial charge >= 0.3 is 0 Å². The van der Waals surface area contributed by atoms with Gasteiger partial charge in [-0.3, -0.25) is 14.4 Å². The van der Waals surface area contributed by atoms with E-state index in [4.69, 9.17) is 4.74 Å². The highest BCUT2D eigenvalue weighted by atomic mass is 16.5. The van der Waals surface area contributed by atoms with Crippen molar-refractivity contribution in [2.75, 3.05) is 19.0 Å². The maximum atomic E-state index is 13.3. The highest BCUT2D eigenvalue weighted by molar-refractivity contribution is 6.09. The second kappa shape index (κ2) is 12.4. The fourth-order valence-corrected chi connectivity index (χ4v) is 3.47. The lowest BCUT2D eigenvalue weighted by molar-refractivity contribution is -0.123. The fraction of sp³-hybridized carbons (Fsp3) is 0.250. The molecule has 8 nitrogen and oxygen atoms in total. The van der Waals surface area contributed by atoms with Crippen molar-refractivity contribution < 1.29 is 24.2 Å². The van der Waals surface area contributed by atoms with Crippen LogP contribution in [0.5, 0.6) is 11.5 Å². The van der Waals surface area contributed by atoms with Crippen molar-refractivity contribution in [3.05, 3.63) is 89.5 Å². The van der Waals surface area contributed by atoms with Gasteiger partial charge in [-0.15, -0.1) is 0 Å². The van der Waals surface area contributed by atoms with E-state index >= 15 is 0 Å². The van der Waals surface area contributed by atoms with Crippen LogP contribution in [0, 0.1) is 5.92 Å². The molecule has 3 amide bonds. The third-order valence-electron chi connectivity index (χ3n) is 5.45. The van der Waals surface area contributed by atoms with E-state index < -0.39 is 11.9 Å². The molecule has 3 aromatic rings. The quantitative estimate of drug-likeness (QED) is 0.346. The molecule has 0 aliphatic heterocycles. The predicted molar refractivity (Wildman–Crippen MR) is 138 cm³/mol.